The Hall–Kier alpha value is -3.23. The average Bonchev–Trinajstić information content (AvgIpc) is 3.14. The first-order valence-electron chi connectivity index (χ1n) is 12.9. The van der Waals surface area contributed by atoms with Crippen LogP contribution in [0.2, 0.25) is 0 Å². The standard InChI is InChI=1S/C29H38N2O6/c1-19(2)31(28(35)37-29(3,4)5,25(26(32)33)16-10-11-17-30)27(34)36-18-24-22-14-8-6-12-20(22)21-13-7-9-15-23(21)24/h6-9,12-15,19,24-25H,10-11,16-18,30H2,1-5H3/p+1/t25-,31?/m0/s1. The minimum atomic E-state index is -1.38. The van der Waals surface area contributed by atoms with E-state index in [1.165, 1.54) is 0 Å². The van der Waals surface area contributed by atoms with Crippen molar-refractivity contribution in [2.75, 3.05) is 13.2 Å². The van der Waals surface area contributed by atoms with Crippen LogP contribution in [0.5, 0.6) is 0 Å². The van der Waals surface area contributed by atoms with Crippen molar-refractivity contribution in [1.29, 1.82) is 0 Å². The van der Waals surface area contributed by atoms with Crippen LogP contribution in [0.3, 0.4) is 0 Å². The van der Waals surface area contributed by atoms with Crippen LogP contribution in [0.1, 0.15) is 70.9 Å². The Morgan fingerprint density at radius 3 is 1.95 bits per heavy atom. The maximum atomic E-state index is 14.0. The number of carbonyl (C=O) groups excluding carboxylic acids is 2. The van der Waals surface area contributed by atoms with Gasteiger partial charge in [-0.2, -0.15) is 9.59 Å². The summed E-state index contributed by atoms with van der Waals surface area (Å²) in [5.74, 6) is -1.49. The van der Waals surface area contributed by atoms with Crippen LogP contribution in [0.15, 0.2) is 48.5 Å². The number of carboxylic acid groups (broad SMARTS) is 1. The number of nitrogens with zero attached hydrogens (tertiary/aromatic N) is 1. The lowest BCUT2D eigenvalue weighted by molar-refractivity contribution is -0.827. The van der Waals surface area contributed by atoms with Crippen LogP contribution in [0.4, 0.5) is 9.59 Å². The van der Waals surface area contributed by atoms with Gasteiger partial charge in [0.15, 0.2) is 0 Å². The molecule has 37 heavy (non-hydrogen) atoms. The Bertz CT molecular complexity index is 1090. The van der Waals surface area contributed by atoms with E-state index < -0.39 is 40.3 Å². The lowest BCUT2D eigenvalue weighted by Gasteiger charge is -2.39. The number of rotatable bonds is 9. The van der Waals surface area contributed by atoms with Crippen molar-refractivity contribution < 1.29 is 33.4 Å². The van der Waals surface area contributed by atoms with Crippen LogP contribution < -0.4 is 5.73 Å². The zero-order valence-corrected chi connectivity index (χ0v) is 22.4. The predicted octanol–water partition coefficient (Wildman–Crippen LogP) is 5.68. The summed E-state index contributed by atoms with van der Waals surface area (Å²) in [5.41, 5.74) is 8.88. The van der Waals surface area contributed by atoms with Crippen molar-refractivity contribution in [3.8, 4) is 11.1 Å². The van der Waals surface area contributed by atoms with E-state index in [2.05, 4.69) is 0 Å². The molecule has 0 saturated heterocycles. The Kier molecular flexibility index (Phi) is 8.76. The fourth-order valence-electron chi connectivity index (χ4n) is 5.13. The third-order valence-corrected chi connectivity index (χ3v) is 6.86. The molecule has 2 aromatic rings. The predicted molar refractivity (Wildman–Crippen MR) is 141 cm³/mol. The molecule has 8 nitrogen and oxygen atoms in total. The normalized spacial score (nSPS) is 15.4. The van der Waals surface area contributed by atoms with Crippen LogP contribution >= 0.6 is 0 Å². The van der Waals surface area contributed by atoms with Gasteiger partial charge < -0.3 is 20.3 Å². The summed E-state index contributed by atoms with van der Waals surface area (Å²) >= 11 is 0. The number of benzene rings is 2. The van der Waals surface area contributed by atoms with Gasteiger partial charge in [-0.15, -0.1) is 4.48 Å². The summed E-state index contributed by atoms with van der Waals surface area (Å²) in [6, 6.07) is 13.7. The Morgan fingerprint density at radius 1 is 0.946 bits per heavy atom. The molecule has 0 aliphatic heterocycles. The molecule has 1 aliphatic carbocycles. The molecule has 0 fully saturated rings. The molecule has 1 aliphatic rings. The van der Waals surface area contributed by atoms with E-state index in [4.69, 9.17) is 15.2 Å². The number of aliphatic carboxylic acids is 1. The summed E-state index contributed by atoms with van der Waals surface area (Å²) in [6.07, 6.45) is -0.763. The summed E-state index contributed by atoms with van der Waals surface area (Å²) < 4.78 is 10.4. The number of carbonyl (C=O) groups is 3. The zero-order valence-electron chi connectivity index (χ0n) is 22.4. The van der Waals surface area contributed by atoms with Crippen LogP contribution in [-0.4, -0.2) is 58.6 Å². The minimum Gasteiger partial charge on any atom is -0.477 e. The van der Waals surface area contributed by atoms with E-state index >= 15 is 0 Å². The first-order chi connectivity index (χ1) is 17.4. The summed E-state index contributed by atoms with van der Waals surface area (Å²) in [7, 11) is 0. The SMILES string of the molecule is CC(C)[N+](C(=O)OCC1c2ccccc2-c2ccccc21)(C(=O)OC(C)(C)C)[C@@H](CCCCN)C(=O)O. The van der Waals surface area contributed by atoms with Gasteiger partial charge in [0.25, 0.3) is 0 Å². The molecule has 200 valence electrons. The summed E-state index contributed by atoms with van der Waals surface area (Å²) in [6.45, 7) is 8.68. The third-order valence-electron chi connectivity index (χ3n) is 6.86. The number of imide groups is 1. The molecule has 3 N–H and O–H groups in total. The van der Waals surface area contributed by atoms with Gasteiger partial charge in [-0.1, -0.05) is 48.5 Å². The van der Waals surface area contributed by atoms with Gasteiger partial charge in [-0.05, 0) is 76.3 Å². The van der Waals surface area contributed by atoms with E-state index in [1.54, 1.807) is 34.6 Å². The minimum absolute atomic E-state index is 0.0302. The topological polar surface area (TPSA) is 116 Å². The number of quaternary nitrogens is 1. The molecule has 0 radical (unpaired) electrons. The molecule has 0 spiro atoms. The molecule has 0 saturated carbocycles. The second-order valence-corrected chi connectivity index (χ2v) is 10.8. The second kappa shape index (κ2) is 11.4. The Balaban J connectivity index is 2.00. The van der Waals surface area contributed by atoms with Gasteiger partial charge in [-0.3, -0.25) is 0 Å². The molecule has 0 heterocycles. The van der Waals surface area contributed by atoms with E-state index in [0.717, 1.165) is 22.3 Å². The largest absolute Gasteiger partial charge is 0.528 e. The van der Waals surface area contributed by atoms with E-state index in [0.29, 0.717) is 19.4 Å². The number of hydrogen-bond donors (Lipinski definition) is 2. The number of ether oxygens (including phenoxy) is 2. The van der Waals surface area contributed by atoms with Crippen LogP contribution in [0.25, 0.3) is 11.1 Å². The first kappa shape index (κ1) is 28.3. The Labute approximate surface area is 219 Å². The number of unbranched alkanes of at least 4 members (excludes halogenated alkanes) is 1. The van der Waals surface area contributed by atoms with E-state index in [1.807, 2.05) is 48.5 Å². The lowest BCUT2D eigenvalue weighted by atomic mass is 9.98. The summed E-state index contributed by atoms with van der Waals surface area (Å²) in [5, 5.41) is 10.2. The van der Waals surface area contributed by atoms with Gasteiger partial charge in [-0.25, -0.2) is 4.79 Å². The number of carboxylic acids is 1. The van der Waals surface area contributed by atoms with Crippen molar-refractivity contribution in [3.63, 3.8) is 0 Å². The van der Waals surface area contributed by atoms with Crippen molar-refractivity contribution in [3.05, 3.63) is 59.7 Å². The maximum absolute atomic E-state index is 14.0. The molecule has 0 aromatic heterocycles. The number of hydrogen-bond acceptors (Lipinski definition) is 6. The average molecular weight is 512 g/mol. The van der Waals surface area contributed by atoms with Gasteiger partial charge >= 0.3 is 18.2 Å². The smallest absolute Gasteiger partial charge is 0.477 e. The highest BCUT2D eigenvalue weighted by Crippen LogP contribution is 2.44. The highest BCUT2D eigenvalue weighted by Gasteiger charge is 2.60. The molecular weight excluding hydrogens is 472 g/mol. The van der Waals surface area contributed by atoms with Gasteiger partial charge in [0.2, 0.25) is 6.04 Å². The second-order valence-electron chi connectivity index (χ2n) is 10.8. The van der Waals surface area contributed by atoms with Crippen LogP contribution in [-0.2, 0) is 14.3 Å². The van der Waals surface area contributed by atoms with Gasteiger partial charge in [0.1, 0.15) is 18.2 Å². The molecule has 3 rings (SSSR count). The molecule has 2 atom stereocenters. The molecular formula is C29H39N2O6+. The molecule has 8 heteroatoms. The quantitative estimate of drug-likeness (QED) is 0.329. The van der Waals surface area contributed by atoms with Crippen molar-refractivity contribution >= 4 is 18.2 Å². The molecule has 1 unspecified atom stereocenters. The highest BCUT2D eigenvalue weighted by atomic mass is 16.6. The van der Waals surface area contributed by atoms with E-state index in [-0.39, 0.29) is 18.9 Å². The highest BCUT2D eigenvalue weighted by molar-refractivity contribution is 5.84. The fraction of sp³-hybridized carbons (Fsp3) is 0.483. The molecule has 2 aromatic carbocycles. The Morgan fingerprint density at radius 2 is 1.49 bits per heavy atom. The van der Waals surface area contributed by atoms with Crippen LogP contribution in [0, 0.1) is 0 Å². The van der Waals surface area contributed by atoms with Crippen molar-refractivity contribution in [1.82, 2.24) is 0 Å². The zero-order chi connectivity index (χ0) is 27.4. The van der Waals surface area contributed by atoms with Crippen molar-refractivity contribution in [2.24, 2.45) is 5.73 Å². The summed E-state index contributed by atoms with van der Waals surface area (Å²) in [4.78, 5) is 40.2. The van der Waals surface area contributed by atoms with Gasteiger partial charge in [0, 0.05) is 12.3 Å². The molecule has 0 bridgehead atoms. The van der Waals surface area contributed by atoms with Gasteiger partial charge in [0.05, 0.1) is 0 Å². The third kappa shape index (κ3) is 5.70. The number of fused-ring (bicyclic) bond motifs is 3. The monoisotopic (exact) mass is 511 g/mol. The maximum Gasteiger partial charge on any atom is 0.528 e. The first-order valence-corrected chi connectivity index (χ1v) is 12.9. The number of nitrogens with two attached hydrogens (primary N) is 1. The lowest BCUT2D eigenvalue weighted by Crippen LogP contribution is -2.69. The van der Waals surface area contributed by atoms with Crippen molar-refractivity contribution in [2.45, 2.75) is 77.5 Å². The van der Waals surface area contributed by atoms with E-state index in [9.17, 15) is 19.5 Å². The fourth-order valence-corrected chi connectivity index (χ4v) is 5.13. The number of amides is 2. The molecule has 2 amide bonds.